The van der Waals surface area contributed by atoms with Gasteiger partial charge in [0.25, 0.3) is 5.91 Å². The summed E-state index contributed by atoms with van der Waals surface area (Å²) in [4.78, 5) is 23.5. The number of rotatable bonds is 6. The average molecular weight is 401 g/mol. The van der Waals surface area contributed by atoms with Crippen LogP contribution in [0.2, 0.25) is 0 Å². The third-order valence-corrected chi connectivity index (χ3v) is 6.67. The van der Waals surface area contributed by atoms with E-state index < -0.39 is 15.9 Å². The number of nitrogens with zero attached hydrogens (tertiary/aromatic N) is 1. The fraction of sp³-hybridized carbons (Fsp3) is 0.300. The first kappa shape index (κ1) is 20.0. The molecule has 148 valence electrons. The lowest BCUT2D eigenvalue weighted by Crippen LogP contribution is -2.35. The molecular weight excluding hydrogens is 378 g/mol. The molecule has 0 spiro atoms. The van der Waals surface area contributed by atoms with Gasteiger partial charge in [-0.05, 0) is 54.8 Å². The molecular formula is C20H23N3O4S. The number of nitrogens with two attached hydrogens (primary N) is 1. The number of piperidine rings is 1. The fourth-order valence-corrected chi connectivity index (χ4v) is 4.62. The zero-order chi connectivity index (χ0) is 20.1. The molecule has 7 nitrogen and oxygen atoms in total. The zero-order valence-corrected chi connectivity index (χ0v) is 16.2. The second-order valence-electron chi connectivity index (χ2n) is 6.73. The first-order valence-electron chi connectivity index (χ1n) is 9.15. The number of carbonyl (C=O) groups is 2. The van der Waals surface area contributed by atoms with E-state index in [1.54, 1.807) is 24.3 Å². The second-order valence-corrected chi connectivity index (χ2v) is 8.67. The van der Waals surface area contributed by atoms with Crippen LogP contribution in [0.25, 0.3) is 0 Å². The van der Waals surface area contributed by atoms with Gasteiger partial charge in [-0.1, -0.05) is 18.6 Å². The van der Waals surface area contributed by atoms with Crippen molar-refractivity contribution < 1.29 is 18.0 Å². The summed E-state index contributed by atoms with van der Waals surface area (Å²) in [6, 6.07) is 12.6. The van der Waals surface area contributed by atoms with Gasteiger partial charge in [-0.15, -0.1) is 0 Å². The minimum Gasteiger partial charge on any atom is -0.366 e. The lowest BCUT2D eigenvalue weighted by Gasteiger charge is -2.25. The molecule has 0 unspecified atom stereocenters. The van der Waals surface area contributed by atoms with Gasteiger partial charge in [0.2, 0.25) is 15.9 Å². The molecule has 0 saturated carbocycles. The van der Waals surface area contributed by atoms with E-state index in [9.17, 15) is 18.0 Å². The lowest BCUT2D eigenvalue weighted by atomic mass is 10.1. The Morgan fingerprint density at radius 3 is 2.04 bits per heavy atom. The first-order chi connectivity index (χ1) is 13.4. The van der Waals surface area contributed by atoms with E-state index in [0.29, 0.717) is 24.2 Å². The number of hydrogen-bond donors (Lipinski definition) is 2. The second kappa shape index (κ2) is 8.53. The summed E-state index contributed by atoms with van der Waals surface area (Å²) in [7, 11) is -3.46. The van der Waals surface area contributed by atoms with Crippen molar-refractivity contribution in [1.29, 1.82) is 0 Å². The maximum Gasteiger partial charge on any atom is 0.251 e. The smallest absolute Gasteiger partial charge is 0.251 e. The van der Waals surface area contributed by atoms with Crippen LogP contribution < -0.4 is 11.1 Å². The highest BCUT2D eigenvalue weighted by atomic mass is 32.2. The summed E-state index contributed by atoms with van der Waals surface area (Å²) in [5.41, 5.74) is 6.72. The highest BCUT2D eigenvalue weighted by Gasteiger charge is 2.25. The van der Waals surface area contributed by atoms with Crippen molar-refractivity contribution in [2.24, 2.45) is 5.73 Å². The first-order valence-corrected chi connectivity index (χ1v) is 10.6. The number of hydrogen-bond acceptors (Lipinski definition) is 4. The average Bonchev–Trinajstić information content (AvgIpc) is 2.73. The number of sulfonamides is 1. The number of carbonyl (C=O) groups excluding carboxylic acids is 2. The number of nitrogens with one attached hydrogen (secondary N) is 1. The molecule has 2 amide bonds. The number of primary amides is 1. The van der Waals surface area contributed by atoms with Crippen LogP contribution in [0.5, 0.6) is 0 Å². The van der Waals surface area contributed by atoms with Crippen LogP contribution in [-0.2, 0) is 16.6 Å². The number of benzene rings is 2. The Bertz CT molecular complexity index is 948. The molecule has 0 aromatic heterocycles. The molecule has 3 rings (SSSR count). The maximum absolute atomic E-state index is 12.6. The van der Waals surface area contributed by atoms with Gasteiger partial charge < -0.3 is 11.1 Å². The van der Waals surface area contributed by atoms with E-state index in [-0.39, 0.29) is 17.3 Å². The van der Waals surface area contributed by atoms with E-state index in [1.165, 1.54) is 28.6 Å². The molecule has 1 heterocycles. The molecule has 0 radical (unpaired) electrons. The van der Waals surface area contributed by atoms with Crippen molar-refractivity contribution in [3.8, 4) is 0 Å². The van der Waals surface area contributed by atoms with E-state index in [2.05, 4.69) is 5.32 Å². The van der Waals surface area contributed by atoms with Gasteiger partial charge in [-0.25, -0.2) is 8.42 Å². The van der Waals surface area contributed by atoms with Gasteiger partial charge in [-0.2, -0.15) is 4.31 Å². The summed E-state index contributed by atoms with van der Waals surface area (Å²) in [6.45, 7) is 1.39. The molecule has 0 aliphatic carbocycles. The lowest BCUT2D eigenvalue weighted by molar-refractivity contribution is 0.0948. The van der Waals surface area contributed by atoms with Crippen LogP contribution in [0, 0.1) is 0 Å². The van der Waals surface area contributed by atoms with E-state index in [0.717, 1.165) is 24.8 Å². The van der Waals surface area contributed by atoms with Crippen LogP contribution in [-0.4, -0.2) is 37.6 Å². The standard InChI is InChI=1S/C20H23N3O4S/c21-19(24)16-6-8-17(9-7-16)20(25)22-14-15-4-10-18(11-5-15)28(26,27)23-12-2-1-3-13-23/h4-11H,1-3,12-14H2,(H2,21,24)(H,22,25). The zero-order valence-electron chi connectivity index (χ0n) is 15.4. The molecule has 0 bridgehead atoms. The van der Waals surface area contributed by atoms with Crippen LogP contribution in [0.3, 0.4) is 0 Å². The minimum absolute atomic E-state index is 0.264. The largest absolute Gasteiger partial charge is 0.366 e. The Morgan fingerprint density at radius 2 is 1.46 bits per heavy atom. The van der Waals surface area contributed by atoms with Crippen molar-refractivity contribution in [2.75, 3.05) is 13.1 Å². The molecule has 1 aliphatic heterocycles. The van der Waals surface area contributed by atoms with Gasteiger partial charge in [-0.3, -0.25) is 9.59 Å². The minimum atomic E-state index is -3.46. The fourth-order valence-electron chi connectivity index (χ4n) is 3.10. The summed E-state index contributed by atoms with van der Waals surface area (Å²) in [5, 5.41) is 2.77. The molecule has 0 atom stereocenters. The Morgan fingerprint density at radius 1 is 0.893 bits per heavy atom. The summed E-state index contributed by atoms with van der Waals surface area (Å²) in [5.74, 6) is -0.840. The summed E-state index contributed by atoms with van der Waals surface area (Å²) >= 11 is 0. The Kier molecular flexibility index (Phi) is 6.11. The van der Waals surface area contributed by atoms with Crippen LogP contribution in [0.1, 0.15) is 45.5 Å². The quantitative estimate of drug-likeness (QED) is 0.770. The van der Waals surface area contributed by atoms with Crippen LogP contribution in [0.15, 0.2) is 53.4 Å². The van der Waals surface area contributed by atoms with Gasteiger partial charge in [0.15, 0.2) is 0 Å². The van der Waals surface area contributed by atoms with E-state index >= 15 is 0 Å². The maximum atomic E-state index is 12.6. The topological polar surface area (TPSA) is 110 Å². The Balaban J connectivity index is 1.61. The summed E-state index contributed by atoms with van der Waals surface area (Å²) in [6.07, 6.45) is 2.85. The molecule has 1 saturated heterocycles. The van der Waals surface area contributed by atoms with Crippen molar-refractivity contribution in [1.82, 2.24) is 9.62 Å². The molecule has 2 aromatic carbocycles. The molecule has 1 fully saturated rings. The SMILES string of the molecule is NC(=O)c1ccc(C(=O)NCc2ccc(S(=O)(=O)N3CCCCC3)cc2)cc1. The third kappa shape index (κ3) is 4.58. The Hall–Kier alpha value is -2.71. The van der Waals surface area contributed by atoms with Crippen molar-refractivity contribution in [3.05, 3.63) is 65.2 Å². The highest BCUT2D eigenvalue weighted by Crippen LogP contribution is 2.20. The molecule has 3 N–H and O–H groups in total. The monoisotopic (exact) mass is 401 g/mol. The summed E-state index contributed by atoms with van der Waals surface area (Å²) < 4.78 is 26.8. The van der Waals surface area contributed by atoms with Gasteiger partial charge >= 0.3 is 0 Å². The van der Waals surface area contributed by atoms with E-state index in [1.807, 2.05) is 0 Å². The number of amides is 2. The van der Waals surface area contributed by atoms with Crippen LogP contribution >= 0.6 is 0 Å². The molecule has 1 aliphatic rings. The highest BCUT2D eigenvalue weighted by molar-refractivity contribution is 7.89. The normalized spacial score (nSPS) is 15.1. The van der Waals surface area contributed by atoms with Crippen molar-refractivity contribution in [2.45, 2.75) is 30.7 Å². The van der Waals surface area contributed by atoms with Crippen molar-refractivity contribution >= 4 is 21.8 Å². The molecule has 8 heteroatoms. The molecule has 28 heavy (non-hydrogen) atoms. The van der Waals surface area contributed by atoms with Gasteiger partial charge in [0, 0.05) is 30.8 Å². The third-order valence-electron chi connectivity index (χ3n) is 4.76. The van der Waals surface area contributed by atoms with E-state index in [4.69, 9.17) is 5.73 Å². The predicted molar refractivity (Wildman–Crippen MR) is 105 cm³/mol. The van der Waals surface area contributed by atoms with Gasteiger partial charge in [0.05, 0.1) is 4.90 Å². The predicted octanol–water partition coefficient (Wildman–Crippen LogP) is 1.89. The Labute approximate surface area is 164 Å². The van der Waals surface area contributed by atoms with Crippen LogP contribution in [0.4, 0.5) is 0 Å². The van der Waals surface area contributed by atoms with Crippen molar-refractivity contribution in [3.63, 3.8) is 0 Å². The molecule has 2 aromatic rings. The van der Waals surface area contributed by atoms with Gasteiger partial charge in [0.1, 0.15) is 0 Å².